The minimum atomic E-state index is -0.277. The van der Waals surface area contributed by atoms with Gasteiger partial charge in [-0.05, 0) is 44.2 Å². The van der Waals surface area contributed by atoms with Gasteiger partial charge in [0, 0.05) is 43.1 Å². The molecule has 1 aliphatic carbocycles. The Hall–Kier alpha value is -3.20. The largest absolute Gasteiger partial charge is 0.378 e. The second-order valence-corrected chi connectivity index (χ2v) is 7.87. The van der Waals surface area contributed by atoms with Crippen molar-refractivity contribution in [3.63, 3.8) is 0 Å². The molecule has 0 aliphatic heterocycles. The normalized spacial score (nSPS) is 18.6. The van der Waals surface area contributed by atoms with Crippen LogP contribution in [0.1, 0.15) is 64.2 Å². The predicted octanol–water partition coefficient (Wildman–Crippen LogP) is 2.59. The van der Waals surface area contributed by atoms with Crippen molar-refractivity contribution in [2.75, 3.05) is 12.4 Å². The van der Waals surface area contributed by atoms with Crippen molar-refractivity contribution in [3.8, 4) is 0 Å². The minimum Gasteiger partial charge on any atom is -0.378 e. The Labute approximate surface area is 173 Å². The maximum absolute atomic E-state index is 12.6. The first-order chi connectivity index (χ1) is 14.4. The van der Waals surface area contributed by atoms with Crippen LogP contribution in [0.25, 0.3) is 0 Å². The van der Waals surface area contributed by atoms with Crippen molar-refractivity contribution in [1.82, 2.24) is 25.0 Å². The smallest absolute Gasteiger partial charge is 0.275 e. The number of H-pyrrole nitrogens is 2. The molecule has 1 saturated carbocycles. The van der Waals surface area contributed by atoms with Gasteiger partial charge in [-0.2, -0.15) is 10.2 Å². The fraction of sp³-hybridized carbons (Fsp3) is 0.429. The van der Waals surface area contributed by atoms with E-state index in [2.05, 4.69) is 25.6 Å². The van der Waals surface area contributed by atoms with Gasteiger partial charge in [0.15, 0.2) is 5.82 Å². The van der Waals surface area contributed by atoms with E-state index in [1.165, 1.54) is 4.68 Å². The molecule has 9 nitrogen and oxygen atoms in total. The van der Waals surface area contributed by atoms with Gasteiger partial charge in [-0.15, -0.1) is 0 Å². The summed E-state index contributed by atoms with van der Waals surface area (Å²) in [7, 11) is 3.30. The number of methoxy groups -OCH3 is 1. The summed E-state index contributed by atoms with van der Waals surface area (Å²) in [5.41, 5.74) is 3.82. The second kappa shape index (κ2) is 8.27. The van der Waals surface area contributed by atoms with Crippen LogP contribution < -0.4 is 10.9 Å². The molecule has 0 spiro atoms. The molecule has 0 radical (unpaired) electrons. The molecule has 2 atom stereocenters. The molecule has 3 aromatic rings. The quantitative estimate of drug-likeness (QED) is 0.577. The number of pyridine rings is 1. The van der Waals surface area contributed by atoms with Crippen LogP contribution >= 0.6 is 0 Å². The van der Waals surface area contributed by atoms with E-state index in [0.29, 0.717) is 23.8 Å². The number of ether oxygens (including phenoxy) is 1. The van der Waals surface area contributed by atoms with E-state index < -0.39 is 0 Å². The molecule has 1 aliphatic rings. The van der Waals surface area contributed by atoms with Crippen LogP contribution in [0.3, 0.4) is 0 Å². The average Bonchev–Trinajstić information content (AvgIpc) is 3.42. The van der Waals surface area contributed by atoms with Crippen molar-refractivity contribution in [2.24, 2.45) is 7.05 Å². The first-order valence-corrected chi connectivity index (χ1v) is 10.0. The molecule has 3 heterocycles. The summed E-state index contributed by atoms with van der Waals surface area (Å²) in [5.74, 6) is 0.704. The van der Waals surface area contributed by atoms with Crippen molar-refractivity contribution in [2.45, 2.75) is 44.6 Å². The van der Waals surface area contributed by atoms with Gasteiger partial charge in [0.1, 0.15) is 5.69 Å². The first kappa shape index (κ1) is 20.1. The van der Waals surface area contributed by atoms with Gasteiger partial charge in [-0.3, -0.25) is 19.4 Å². The summed E-state index contributed by atoms with van der Waals surface area (Å²) in [5, 5.41) is 14.4. The topological polar surface area (TPSA) is 118 Å². The SMILES string of the molecule is COCc1cc(C(=O)Nc2cc([C@H]3CC[C@H](c4ccc(C)[nH]c4=O)C3)[nH]n2)n(C)n1. The Morgan fingerprint density at radius 3 is 2.87 bits per heavy atom. The van der Waals surface area contributed by atoms with Crippen molar-refractivity contribution >= 4 is 11.7 Å². The lowest BCUT2D eigenvalue weighted by atomic mass is 9.96. The number of aryl methyl sites for hydroxylation is 2. The van der Waals surface area contributed by atoms with Crippen molar-refractivity contribution in [1.29, 1.82) is 0 Å². The molecular formula is C21H26N6O3. The molecule has 9 heteroatoms. The number of aromatic nitrogens is 5. The molecule has 0 aromatic carbocycles. The summed E-state index contributed by atoms with van der Waals surface area (Å²) in [6, 6.07) is 7.46. The third-order valence-electron chi connectivity index (χ3n) is 5.69. The van der Waals surface area contributed by atoms with Crippen LogP contribution in [-0.4, -0.2) is 38.0 Å². The standard InChI is InChI=1S/C21H26N6O3/c1-12-4-7-16(20(28)22-12)13-5-6-14(8-13)17-10-19(25-24-17)23-21(29)18-9-15(11-30-3)26-27(18)2/h4,7,9-10,13-14H,5-6,8,11H2,1-3H3,(H,22,28)(H2,23,24,25,29)/t13-,14-/m0/s1. The summed E-state index contributed by atoms with van der Waals surface area (Å²) < 4.78 is 6.59. The van der Waals surface area contributed by atoms with Gasteiger partial charge in [0.25, 0.3) is 11.5 Å². The zero-order valence-corrected chi connectivity index (χ0v) is 17.4. The summed E-state index contributed by atoms with van der Waals surface area (Å²) in [4.78, 5) is 27.7. The monoisotopic (exact) mass is 410 g/mol. The fourth-order valence-corrected chi connectivity index (χ4v) is 4.20. The number of hydrogen-bond acceptors (Lipinski definition) is 5. The highest BCUT2D eigenvalue weighted by Gasteiger charge is 2.30. The number of aromatic amines is 2. The van der Waals surface area contributed by atoms with E-state index in [0.717, 1.165) is 36.2 Å². The Kier molecular flexibility index (Phi) is 5.54. The number of anilines is 1. The third kappa shape index (κ3) is 4.06. The lowest BCUT2D eigenvalue weighted by Gasteiger charge is -2.10. The van der Waals surface area contributed by atoms with E-state index in [-0.39, 0.29) is 23.3 Å². The molecule has 158 valence electrons. The number of carbonyl (C=O) groups is 1. The number of rotatable bonds is 6. The fourth-order valence-electron chi connectivity index (χ4n) is 4.20. The Morgan fingerprint density at radius 2 is 2.10 bits per heavy atom. The summed E-state index contributed by atoms with van der Waals surface area (Å²) in [6.07, 6.45) is 2.80. The Bertz CT molecular complexity index is 1110. The predicted molar refractivity (Wildman–Crippen MR) is 112 cm³/mol. The number of hydrogen-bond donors (Lipinski definition) is 3. The lowest BCUT2D eigenvalue weighted by Crippen LogP contribution is -2.16. The summed E-state index contributed by atoms with van der Waals surface area (Å²) >= 11 is 0. The molecule has 4 rings (SSSR count). The number of nitrogens with zero attached hydrogens (tertiary/aromatic N) is 3. The van der Waals surface area contributed by atoms with E-state index >= 15 is 0 Å². The molecule has 0 unspecified atom stereocenters. The van der Waals surface area contributed by atoms with E-state index in [9.17, 15) is 9.59 Å². The van der Waals surface area contributed by atoms with Crippen LogP contribution in [0, 0.1) is 6.92 Å². The molecule has 1 fully saturated rings. The highest BCUT2D eigenvalue weighted by atomic mass is 16.5. The van der Waals surface area contributed by atoms with Crippen molar-refractivity contribution < 1.29 is 9.53 Å². The number of amides is 1. The maximum atomic E-state index is 12.6. The second-order valence-electron chi connectivity index (χ2n) is 7.87. The van der Waals surface area contributed by atoms with E-state index in [1.807, 2.05) is 25.1 Å². The van der Waals surface area contributed by atoms with Gasteiger partial charge in [-0.1, -0.05) is 6.07 Å². The van der Waals surface area contributed by atoms with Crippen LogP contribution in [0.4, 0.5) is 5.82 Å². The minimum absolute atomic E-state index is 0.00207. The van der Waals surface area contributed by atoms with Gasteiger partial charge < -0.3 is 15.0 Å². The highest BCUT2D eigenvalue weighted by molar-refractivity contribution is 6.02. The highest BCUT2D eigenvalue weighted by Crippen LogP contribution is 2.42. The van der Waals surface area contributed by atoms with Gasteiger partial charge in [0.2, 0.25) is 0 Å². The number of carbonyl (C=O) groups excluding carboxylic acids is 1. The average molecular weight is 410 g/mol. The zero-order valence-electron chi connectivity index (χ0n) is 17.4. The van der Waals surface area contributed by atoms with E-state index in [4.69, 9.17) is 4.74 Å². The van der Waals surface area contributed by atoms with Crippen LogP contribution in [0.15, 0.2) is 29.1 Å². The molecule has 0 saturated heterocycles. The number of nitrogens with one attached hydrogen (secondary N) is 3. The van der Waals surface area contributed by atoms with Gasteiger partial charge in [-0.25, -0.2) is 0 Å². The van der Waals surface area contributed by atoms with Gasteiger partial charge >= 0.3 is 0 Å². The van der Waals surface area contributed by atoms with Gasteiger partial charge in [0.05, 0.1) is 12.3 Å². The molecule has 30 heavy (non-hydrogen) atoms. The van der Waals surface area contributed by atoms with E-state index in [1.54, 1.807) is 20.2 Å². The lowest BCUT2D eigenvalue weighted by molar-refractivity contribution is 0.101. The molecular weight excluding hydrogens is 384 g/mol. The van der Waals surface area contributed by atoms with Crippen LogP contribution in [-0.2, 0) is 18.4 Å². The molecule has 3 N–H and O–H groups in total. The van der Waals surface area contributed by atoms with Crippen LogP contribution in [0.5, 0.6) is 0 Å². The Balaban J connectivity index is 1.42. The molecule has 1 amide bonds. The Morgan fingerprint density at radius 1 is 1.30 bits per heavy atom. The summed E-state index contributed by atoms with van der Waals surface area (Å²) in [6.45, 7) is 2.23. The first-order valence-electron chi connectivity index (χ1n) is 10.0. The molecule has 0 bridgehead atoms. The van der Waals surface area contributed by atoms with Crippen molar-refractivity contribution in [3.05, 3.63) is 63.0 Å². The zero-order chi connectivity index (χ0) is 21.3. The maximum Gasteiger partial charge on any atom is 0.275 e. The van der Waals surface area contributed by atoms with Crippen LogP contribution in [0.2, 0.25) is 0 Å². The third-order valence-corrected chi connectivity index (χ3v) is 5.69. The molecule has 3 aromatic heterocycles.